The van der Waals surface area contributed by atoms with Crippen LogP contribution in [-0.4, -0.2) is 21.4 Å². The van der Waals surface area contributed by atoms with Crippen LogP contribution in [0.5, 0.6) is 0 Å². The molecule has 5 nitrogen and oxygen atoms in total. The molecule has 0 saturated heterocycles. The van der Waals surface area contributed by atoms with Crippen molar-refractivity contribution >= 4 is 33.2 Å². The van der Waals surface area contributed by atoms with E-state index in [1.807, 2.05) is 30.3 Å². The Kier molecular flexibility index (Phi) is 7.59. The maximum atomic E-state index is 12.9. The summed E-state index contributed by atoms with van der Waals surface area (Å²) in [6.07, 6.45) is 0.815. The highest BCUT2D eigenvalue weighted by atomic mass is 35.5. The largest absolute Gasteiger partial charge is 0.345 e. The van der Waals surface area contributed by atoms with Crippen molar-refractivity contribution in [3.63, 3.8) is 0 Å². The summed E-state index contributed by atoms with van der Waals surface area (Å²) in [6.45, 7) is 4.24. The molecule has 7 heteroatoms. The number of amides is 1. The van der Waals surface area contributed by atoms with E-state index in [1.54, 1.807) is 24.3 Å². The molecule has 32 heavy (non-hydrogen) atoms. The van der Waals surface area contributed by atoms with Crippen LogP contribution in [0.3, 0.4) is 0 Å². The summed E-state index contributed by atoms with van der Waals surface area (Å²) in [5.74, 6) is 0.212. The Bertz CT molecular complexity index is 1150. The summed E-state index contributed by atoms with van der Waals surface area (Å²) in [5, 5.41) is 3.57. The van der Waals surface area contributed by atoms with Gasteiger partial charge in [-0.25, -0.2) is 8.42 Å². The van der Waals surface area contributed by atoms with Crippen molar-refractivity contribution in [3.05, 3.63) is 95.0 Å². The van der Waals surface area contributed by atoms with E-state index < -0.39 is 10.0 Å². The minimum absolute atomic E-state index is 0.101. The molecule has 0 aliphatic rings. The summed E-state index contributed by atoms with van der Waals surface area (Å²) < 4.78 is 26.9. The van der Waals surface area contributed by atoms with Crippen molar-refractivity contribution in [1.29, 1.82) is 0 Å². The summed E-state index contributed by atoms with van der Waals surface area (Å²) in [4.78, 5) is 13.0. The van der Waals surface area contributed by atoms with Crippen molar-refractivity contribution < 1.29 is 13.2 Å². The number of sulfonamides is 1. The van der Waals surface area contributed by atoms with Crippen molar-refractivity contribution in [2.45, 2.75) is 31.2 Å². The average molecular weight is 471 g/mol. The van der Waals surface area contributed by atoms with Gasteiger partial charge in [0.25, 0.3) is 15.9 Å². The average Bonchev–Trinajstić information content (AvgIpc) is 2.78. The molecule has 1 N–H and O–H groups in total. The molecule has 168 valence electrons. The lowest BCUT2D eigenvalue weighted by Crippen LogP contribution is -2.30. The maximum absolute atomic E-state index is 12.9. The second kappa shape index (κ2) is 10.2. The van der Waals surface area contributed by atoms with E-state index in [0.29, 0.717) is 22.2 Å². The zero-order valence-corrected chi connectivity index (χ0v) is 19.9. The lowest BCUT2D eigenvalue weighted by atomic mass is 9.96. The van der Waals surface area contributed by atoms with Gasteiger partial charge in [-0.15, -0.1) is 0 Å². The lowest BCUT2D eigenvalue weighted by Gasteiger charge is -2.22. The highest BCUT2D eigenvalue weighted by Crippen LogP contribution is 2.25. The van der Waals surface area contributed by atoms with E-state index in [4.69, 9.17) is 11.6 Å². The number of nitrogens with one attached hydrogen (secondary N) is 1. The van der Waals surface area contributed by atoms with Gasteiger partial charge in [0.05, 0.1) is 16.6 Å². The van der Waals surface area contributed by atoms with Gasteiger partial charge in [-0.3, -0.25) is 9.10 Å². The van der Waals surface area contributed by atoms with Gasteiger partial charge < -0.3 is 5.32 Å². The Morgan fingerprint density at radius 2 is 1.53 bits per heavy atom. The molecule has 0 saturated carbocycles. The number of carbonyl (C=O) groups excluding carboxylic acids is 1. The third-order valence-electron chi connectivity index (χ3n) is 5.18. The fourth-order valence-corrected chi connectivity index (χ4v) is 4.72. The summed E-state index contributed by atoms with van der Waals surface area (Å²) in [6, 6.07) is 22.3. The molecule has 0 fully saturated rings. The molecule has 3 aromatic carbocycles. The first kappa shape index (κ1) is 23.8. The van der Waals surface area contributed by atoms with Crippen LogP contribution >= 0.6 is 11.6 Å². The van der Waals surface area contributed by atoms with E-state index in [1.165, 1.54) is 35.6 Å². The monoisotopic (exact) mass is 470 g/mol. The zero-order valence-electron chi connectivity index (χ0n) is 18.3. The summed E-state index contributed by atoms with van der Waals surface area (Å²) >= 11 is 5.86. The molecular weight excluding hydrogens is 444 g/mol. The fraction of sp³-hybridized carbons (Fsp3) is 0.240. The standard InChI is InChI=1S/C25H27ClN2O3S/c1-18(2)17-24(19-7-5-4-6-8-19)27-25(29)20-9-13-22(14-10-20)28(3)32(30,31)23-15-11-21(26)12-16-23/h4-16,18,24H,17H2,1-3H3,(H,27,29)/t24-/m1/s1. The van der Waals surface area contributed by atoms with E-state index in [9.17, 15) is 13.2 Å². The number of hydrogen-bond acceptors (Lipinski definition) is 3. The van der Waals surface area contributed by atoms with Crippen molar-refractivity contribution in [1.82, 2.24) is 5.32 Å². The molecule has 0 aromatic heterocycles. The molecule has 0 unspecified atom stereocenters. The first-order valence-corrected chi connectivity index (χ1v) is 12.2. The molecule has 1 atom stereocenters. The van der Waals surface area contributed by atoms with E-state index >= 15 is 0 Å². The summed E-state index contributed by atoms with van der Waals surface area (Å²) in [5.41, 5.74) is 1.98. The van der Waals surface area contributed by atoms with Gasteiger partial charge in [0.2, 0.25) is 0 Å². The molecule has 0 spiro atoms. The second-order valence-corrected chi connectivity index (χ2v) is 10.4. The molecule has 3 rings (SSSR count). The fourth-order valence-electron chi connectivity index (χ4n) is 3.40. The van der Waals surface area contributed by atoms with E-state index in [2.05, 4.69) is 19.2 Å². The van der Waals surface area contributed by atoms with Crippen LogP contribution in [0.1, 0.15) is 42.2 Å². The second-order valence-electron chi connectivity index (χ2n) is 8.04. The summed E-state index contributed by atoms with van der Waals surface area (Å²) in [7, 11) is -2.26. The maximum Gasteiger partial charge on any atom is 0.264 e. The van der Waals surface area contributed by atoms with Gasteiger partial charge in [-0.05, 0) is 66.4 Å². The number of nitrogens with zero attached hydrogens (tertiary/aromatic N) is 1. The molecule has 0 radical (unpaired) electrons. The Labute approximate surface area is 195 Å². The highest BCUT2D eigenvalue weighted by molar-refractivity contribution is 7.92. The first-order chi connectivity index (χ1) is 15.2. The van der Waals surface area contributed by atoms with Crippen molar-refractivity contribution in [2.75, 3.05) is 11.4 Å². The minimum Gasteiger partial charge on any atom is -0.345 e. The van der Waals surface area contributed by atoms with Crippen molar-refractivity contribution in [2.24, 2.45) is 5.92 Å². The third kappa shape index (κ3) is 5.69. The molecule has 1 amide bonds. The van der Waals surface area contributed by atoms with Gasteiger partial charge in [-0.2, -0.15) is 0 Å². The molecule has 0 aliphatic carbocycles. The Morgan fingerprint density at radius 3 is 2.09 bits per heavy atom. The van der Waals surface area contributed by atoms with Gasteiger partial charge >= 0.3 is 0 Å². The quantitative estimate of drug-likeness (QED) is 0.460. The molecule has 0 aliphatic heterocycles. The molecular formula is C25H27ClN2O3S. The van der Waals surface area contributed by atoms with Gasteiger partial charge in [-0.1, -0.05) is 55.8 Å². The predicted octanol–water partition coefficient (Wildman–Crippen LogP) is 5.68. The molecule has 0 heterocycles. The first-order valence-electron chi connectivity index (χ1n) is 10.4. The predicted molar refractivity (Wildman–Crippen MR) is 130 cm³/mol. The SMILES string of the molecule is CC(C)C[C@@H](NC(=O)c1ccc(N(C)S(=O)(=O)c2ccc(Cl)cc2)cc1)c1ccccc1. The van der Waals surface area contributed by atoms with Crippen LogP contribution in [0.2, 0.25) is 5.02 Å². The normalized spacial score (nSPS) is 12.4. The number of anilines is 1. The van der Waals surface area contributed by atoms with Crippen LogP contribution in [0, 0.1) is 5.92 Å². The third-order valence-corrected chi connectivity index (χ3v) is 7.23. The number of halogens is 1. The van der Waals surface area contributed by atoms with Gasteiger partial charge in [0.1, 0.15) is 0 Å². The number of benzene rings is 3. The zero-order chi connectivity index (χ0) is 23.3. The Hall–Kier alpha value is -2.83. The number of rotatable bonds is 8. The molecule has 0 bridgehead atoms. The highest BCUT2D eigenvalue weighted by Gasteiger charge is 2.22. The van der Waals surface area contributed by atoms with Crippen LogP contribution in [0.25, 0.3) is 0 Å². The van der Waals surface area contributed by atoms with Crippen molar-refractivity contribution in [3.8, 4) is 0 Å². The van der Waals surface area contributed by atoms with Gasteiger partial charge in [0, 0.05) is 17.6 Å². The molecule has 3 aromatic rings. The number of hydrogen-bond donors (Lipinski definition) is 1. The Balaban J connectivity index is 1.76. The van der Waals surface area contributed by atoms with Gasteiger partial charge in [0.15, 0.2) is 0 Å². The smallest absolute Gasteiger partial charge is 0.264 e. The Morgan fingerprint density at radius 1 is 0.938 bits per heavy atom. The lowest BCUT2D eigenvalue weighted by molar-refractivity contribution is 0.0932. The number of carbonyl (C=O) groups is 1. The van der Waals surface area contributed by atoms with Crippen LogP contribution in [-0.2, 0) is 10.0 Å². The minimum atomic E-state index is -3.74. The van der Waals surface area contributed by atoms with E-state index in [0.717, 1.165) is 12.0 Å². The van der Waals surface area contributed by atoms with Crippen LogP contribution < -0.4 is 9.62 Å². The van der Waals surface area contributed by atoms with E-state index in [-0.39, 0.29) is 16.8 Å². The topological polar surface area (TPSA) is 66.5 Å². The van der Waals surface area contributed by atoms with Crippen LogP contribution in [0.4, 0.5) is 5.69 Å². The van der Waals surface area contributed by atoms with Crippen LogP contribution in [0.15, 0.2) is 83.8 Å².